The first kappa shape index (κ1) is 65.4. The van der Waals surface area contributed by atoms with Crippen LogP contribution in [0.1, 0.15) is 139 Å². The van der Waals surface area contributed by atoms with E-state index in [1.54, 1.807) is 0 Å². The third-order valence-corrected chi connectivity index (χ3v) is 12.1. The van der Waals surface area contributed by atoms with Gasteiger partial charge in [0.2, 0.25) is 11.5 Å². The second-order valence-electron chi connectivity index (χ2n) is 19.5. The molecule has 0 spiro atoms. The summed E-state index contributed by atoms with van der Waals surface area (Å²) in [5.41, 5.74) is -1.59. The fourth-order valence-corrected chi connectivity index (χ4v) is 9.52. The molecule has 0 amide bonds. The Morgan fingerprint density at radius 2 is 0.753 bits per heavy atom. The Morgan fingerprint density at radius 3 is 1.18 bits per heavy atom. The van der Waals surface area contributed by atoms with Crippen LogP contribution in [-0.2, 0) is 73.4 Å². The highest BCUT2D eigenvalue weighted by molar-refractivity contribution is 5.90. The lowest BCUT2D eigenvalue weighted by Crippen LogP contribution is -2.41. The largest absolute Gasteiger partial charge is 0.481 e. The van der Waals surface area contributed by atoms with E-state index in [1.165, 1.54) is 24.3 Å². The second-order valence-corrected chi connectivity index (χ2v) is 19.5. The van der Waals surface area contributed by atoms with Crippen molar-refractivity contribution in [1.82, 2.24) is 0 Å². The van der Waals surface area contributed by atoms with Gasteiger partial charge in [-0.15, -0.1) is 0 Å². The van der Waals surface area contributed by atoms with Crippen molar-refractivity contribution in [2.45, 2.75) is 120 Å². The molecule has 0 saturated carbocycles. The number of fused-ring (bicyclic) bond motifs is 2. The zero-order chi connectivity index (χ0) is 65.5. The molecule has 5 aromatic rings. The summed E-state index contributed by atoms with van der Waals surface area (Å²) >= 11 is 0. The van der Waals surface area contributed by atoms with Gasteiger partial charge in [0, 0.05) is 136 Å². The first-order valence-electron chi connectivity index (χ1n) is 26.4. The maximum atomic E-state index is 15.1. The third-order valence-electron chi connectivity index (χ3n) is 12.1. The van der Waals surface area contributed by atoms with E-state index in [2.05, 4.69) is 0 Å². The summed E-state index contributed by atoms with van der Waals surface area (Å²) in [5, 5.41) is 0. The van der Waals surface area contributed by atoms with Crippen LogP contribution in [0.3, 0.4) is 0 Å². The van der Waals surface area contributed by atoms with Gasteiger partial charge in [-0.1, -0.05) is 0 Å². The summed E-state index contributed by atoms with van der Waals surface area (Å²) < 4.78 is 87.3. The van der Waals surface area contributed by atoms with Crippen LogP contribution in [0.4, 0.5) is 0 Å². The van der Waals surface area contributed by atoms with Gasteiger partial charge < -0.3 is 71.1 Å². The van der Waals surface area contributed by atoms with Crippen molar-refractivity contribution in [3.8, 4) is 74.7 Å². The molecule has 0 aliphatic carbocycles. The van der Waals surface area contributed by atoms with Crippen LogP contribution in [0.5, 0.6) is 74.7 Å². The van der Waals surface area contributed by atoms with Crippen LogP contribution >= 0.6 is 0 Å². The minimum Gasteiger partial charge on any atom is -0.481 e. The van der Waals surface area contributed by atoms with Crippen LogP contribution in [0.2, 0.25) is 0 Å². The lowest BCUT2D eigenvalue weighted by molar-refractivity contribution is -0.153. The summed E-state index contributed by atoms with van der Waals surface area (Å²) in [4.78, 5) is 169. The summed E-state index contributed by atoms with van der Waals surface area (Å²) in [5.74, 6) is -21.0. The van der Waals surface area contributed by atoms with Crippen molar-refractivity contribution in [2.24, 2.45) is 0 Å². The number of benzene rings is 5. The molecule has 5 atom stereocenters. The van der Waals surface area contributed by atoms with Gasteiger partial charge in [0.15, 0.2) is 41.3 Å². The zero-order valence-corrected chi connectivity index (χ0v) is 49.4. The van der Waals surface area contributed by atoms with Gasteiger partial charge in [-0.25, -0.2) is 4.79 Å². The average Bonchev–Trinajstić information content (AvgIpc) is 0.736. The predicted molar refractivity (Wildman–Crippen MR) is 294 cm³/mol. The molecule has 2 aliphatic rings. The molecule has 0 saturated heterocycles. The van der Waals surface area contributed by atoms with E-state index in [9.17, 15) is 57.5 Å². The van der Waals surface area contributed by atoms with Crippen molar-refractivity contribution in [2.75, 3.05) is 0 Å². The van der Waals surface area contributed by atoms with Gasteiger partial charge >= 0.3 is 77.6 Å². The molecule has 89 heavy (non-hydrogen) atoms. The first-order chi connectivity index (χ1) is 41.8. The molecule has 0 N–H and O–H groups in total. The minimum absolute atomic E-state index is 0.0107. The van der Waals surface area contributed by atoms with Gasteiger partial charge in [-0.2, -0.15) is 0 Å². The molecular weight excluding hydrogens is 1180 g/mol. The molecule has 5 aromatic carbocycles. The number of hydrogen-bond acceptors (Lipinski definition) is 28. The van der Waals surface area contributed by atoms with Crippen molar-refractivity contribution >= 4 is 77.6 Å². The summed E-state index contributed by atoms with van der Waals surface area (Å²) in [6.07, 6.45) is -7.85. The molecule has 0 unspecified atom stereocenters. The Bertz CT molecular complexity index is 3720. The number of carbonyl (C=O) groups is 13. The molecule has 2 aliphatic heterocycles. The van der Waals surface area contributed by atoms with Crippen LogP contribution in [0.25, 0.3) is 0 Å². The van der Waals surface area contributed by atoms with E-state index in [0.29, 0.717) is 0 Å². The van der Waals surface area contributed by atoms with Crippen molar-refractivity contribution in [3.05, 3.63) is 100 Å². The maximum absolute atomic E-state index is 15.1. The molecule has 28 nitrogen and oxygen atoms in total. The normalized spacial score (nSPS) is 16.0. The quantitative estimate of drug-likeness (QED) is 0.0670. The van der Waals surface area contributed by atoms with Crippen molar-refractivity contribution in [3.63, 3.8) is 0 Å². The van der Waals surface area contributed by atoms with Crippen molar-refractivity contribution in [1.29, 1.82) is 0 Å². The molecule has 466 valence electrons. The van der Waals surface area contributed by atoms with Gasteiger partial charge in [-0.05, 0) is 48.5 Å². The lowest BCUT2D eigenvalue weighted by atomic mass is 9.77. The summed E-state index contributed by atoms with van der Waals surface area (Å²) in [6.45, 7) is 12.1. The number of carbonyl (C=O) groups excluding carboxylic acids is 13. The predicted octanol–water partition coefficient (Wildman–Crippen LogP) is 6.96. The molecule has 0 fully saturated rings. The van der Waals surface area contributed by atoms with Gasteiger partial charge in [-0.3, -0.25) is 57.5 Å². The Kier molecular flexibility index (Phi) is 20.2. The SMILES string of the molecule is CC(=O)Oc1ccc(C(=O)O[C@@H]2[C@@H](c3c(OC(C)=O)cc(OC(C)=O)c4c3O[C@H](c3cc(OC(C)=O)c(OC(C)=O)c(OC(C)=O)c3)[C@H](OC(C)=O)C4)c3c(OC(C)=O)cc(OC(C)=O)cc3O[C@@H]2c2cc(OC(C)=O)c(OC(C)=O)c(OC(C)=O)c2)cc1. The maximum Gasteiger partial charge on any atom is 0.338 e. The third kappa shape index (κ3) is 16.2. The molecule has 0 radical (unpaired) electrons. The highest BCUT2D eigenvalue weighted by Crippen LogP contribution is 2.60. The highest BCUT2D eigenvalue weighted by Gasteiger charge is 2.51. The molecular formula is C61H54O28. The molecule has 2 heterocycles. The average molecular weight is 1240 g/mol. The number of rotatable bonds is 17. The fourth-order valence-electron chi connectivity index (χ4n) is 9.52. The van der Waals surface area contributed by atoms with Gasteiger partial charge in [0.25, 0.3) is 0 Å². The number of esters is 13. The van der Waals surface area contributed by atoms with Crippen LogP contribution in [0, 0.1) is 0 Å². The fraction of sp³-hybridized carbons (Fsp3) is 0.295. The number of ether oxygens (including phenoxy) is 15. The topological polar surface area (TPSA) is 360 Å². The monoisotopic (exact) mass is 1230 g/mol. The minimum atomic E-state index is -2.08. The van der Waals surface area contributed by atoms with Crippen molar-refractivity contribution < 1.29 is 133 Å². The van der Waals surface area contributed by atoms with Gasteiger partial charge in [0.1, 0.15) is 46.4 Å². The first-order valence-corrected chi connectivity index (χ1v) is 26.4. The second kappa shape index (κ2) is 27.5. The zero-order valence-electron chi connectivity index (χ0n) is 49.4. The van der Waals surface area contributed by atoms with Gasteiger partial charge in [0.05, 0.1) is 11.5 Å². The van der Waals surface area contributed by atoms with E-state index in [4.69, 9.17) is 71.1 Å². The molecule has 0 bridgehead atoms. The van der Waals surface area contributed by atoms with E-state index in [-0.39, 0.29) is 39.3 Å². The standard InChI is InChI=1S/C61H54O28/c1-25(62)75-40-15-13-37(14-16-40)61(74)89-60-54(52-44(78-28(4)65)21-41(76-26(2)63)22-45(52)87-56(60)39-19-49(82-32(8)69)59(86-36(12)73)50(20-39)83-33(9)70)53-46(79-29(5)66)24-43(77-27(3)64)42-23-51(84-34(10)71)55(88-57(42)53)38-17-47(80-30(6)67)58(85-35(11)72)48(18-38)81-31(7)68/h13-22,24,51,54-56,60H,23H2,1-12H3/t51-,54-,55-,56-,60-/m1/s1. The number of hydrogen-bond donors (Lipinski definition) is 0. The van der Waals surface area contributed by atoms with Crippen LogP contribution in [-0.4, -0.2) is 89.8 Å². The Hall–Kier alpha value is -11.2. The van der Waals surface area contributed by atoms with Crippen LogP contribution < -0.4 is 61.6 Å². The Balaban J connectivity index is 1.71. The Morgan fingerprint density at radius 1 is 0.360 bits per heavy atom. The highest BCUT2D eigenvalue weighted by atomic mass is 16.6. The summed E-state index contributed by atoms with van der Waals surface area (Å²) in [6, 6.07) is 12.5. The Labute approximate surface area is 504 Å². The molecule has 7 rings (SSSR count). The lowest BCUT2D eigenvalue weighted by Gasteiger charge is -2.42. The van der Waals surface area contributed by atoms with Crippen LogP contribution in [0.15, 0.2) is 66.7 Å². The summed E-state index contributed by atoms with van der Waals surface area (Å²) in [7, 11) is 0. The van der Waals surface area contributed by atoms with E-state index in [1.807, 2.05) is 0 Å². The van der Waals surface area contributed by atoms with E-state index in [0.717, 1.165) is 126 Å². The van der Waals surface area contributed by atoms with E-state index < -0.39 is 183 Å². The molecule has 0 aromatic heterocycles. The molecule has 28 heteroatoms. The smallest absolute Gasteiger partial charge is 0.338 e. The van der Waals surface area contributed by atoms with E-state index >= 15 is 4.79 Å².